The van der Waals surface area contributed by atoms with Crippen LogP contribution >= 0.6 is 0 Å². The number of nitrogens with one attached hydrogen (secondary N) is 2. The van der Waals surface area contributed by atoms with Crippen molar-refractivity contribution in [2.75, 3.05) is 19.5 Å². The zero-order chi connectivity index (χ0) is 23.3. The molecule has 168 valence electrons. The smallest absolute Gasteiger partial charge is 0.248 e. The quantitative estimate of drug-likeness (QED) is 0.498. The molecule has 0 bridgehead atoms. The third kappa shape index (κ3) is 5.13. The van der Waals surface area contributed by atoms with E-state index >= 15 is 0 Å². The van der Waals surface area contributed by atoms with Crippen LogP contribution in [0.5, 0.6) is 17.4 Å². The van der Waals surface area contributed by atoms with E-state index in [0.29, 0.717) is 28.6 Å². The molecule has 0 aliphatic heterocycles. The van der Waals surface area contributed by atoms with Crippen molar-refractivity contribution in [1.29, 1.82) is 0 Å². The lowest BCUT2D eigenvalue weighted by atomic mass is 10.2. The minimum Gasteiger partial charge on any atom is -0.495 e. The van der Waals surface area contributed by atoms with Gasteiger partial charge in [0.15, 0.2) is 0 Å². The number of aromatic nitrogens is 3. The molecule has 2 N–H and O–H groups in total. The molecule has 0 atom stereocenters. The Morgan fingerprint density at radius 1 is 1.25 bits per heavy atom. The average Bonchev–Trinajstić information content (AvgIpc) is 3.05. The van der Waals surface area contributed by atoms with Crippen molar-refractivity contribution >= 4 is 27.7 Å². The first-order valence-electron chi connectivity index (χ1n) is 9.47. The van der Waals surface area contributed by atoms with Crippen LogP contribution in [0.25, 0.3) is 6.08 Å². The Morgan fingerprint density at radius 2 is 2.03 bits per heavy atom. The summed E-state index contributed by atoms with van der Waals surface area (Å²) in [7, 11) is 0.664. The first-order valence-corrected chi connectivity index (χ1v) is 11.0. The molecular formula is C21H23N5O5S. The number of hydrogen-bond donors (Lipinski definition) is 2. The number of benzene rings is 1. The number of amides is 1. The Balaban J connectivity index is 1.82. The van der Waals surface area contributed by atoms with Crippen molar-refractivity contribution in [1.82, 2.24) is 19.5 Å². The summed E-state index contributed by atoms with van der Waals surface area (Å²) >= 11 is 0. The van der Waals surface area contributed by atoms with E-state index in [0.717, 1.165) is 0 Å². The first-order chi connectivity index (χ1) is 15.2. The van der Waals surface area contributed by atoms with E-state index in [2.05, 4.69) is 20.1 Å². The Hall–Kier alpha value is -3.70. The Morgan fingerprint density at radius 3 is 2.69 bits per heavy atom. The summed E-state index contributed by atoms with van der Waals surface area (Å²) in [5.41, 5.74) is 1.49. The molecule has 0 fully saturated rings. The van der Waals surface area contributed by atoms with Gasteiger partial charge in [0.25, 0.3) is 0 Å². The van der Waals surface area contributed by atoms with Crippen molar-refractivity contribution in [3.05, 3.63) is 60.1 Å². The van der Waals surface area contributed by atoms with Gasteiger partial charge in [0.2, 0.25) is 21.8 Å². The number of pyridine rings is 1. The van der Waals surface area contributed by atoms with Crippen molar-refractivity contribution in [2.45, 2.75) is 11.8 Å². The van der Waals surface area contributed by atoms with Gasteiger partial charge in [-0.15, -0.1) is 0 Å². The summed E-state index contributed by atoms with van der Waals surface area (Å²) in [6.45, 7) is 1.74. The van der Waals surface area contributed by atoms with Gasteiger partial charge in [0, 0.05) is 19.3 Å². The highest BCUT2D eigenvalue weighted by atomic mass is 32.2. The summed E-state index contributed by atoms with van der Waals surface area (Å²) in [6.07, 6.45) is 5.96. The van der Waals surface area contributed by atoms with Crippen LogP contribution < -0.4 is 19.5 Å². The molecule has 11 heteroatoms. The zero-order valence-electron chi connectivity index (χ0n) is 18.0. The maximum absolute atomic E-state index is 12.6. The number of rotatable bonds is 8. The van der Waals surface area contributed by atoms with Gasteiger partial charge < -0.3 is 14.8 Å². The van der Waals surface area contributed by atoms with Crippen LogP contribution in [0.15, 0.2) is 53.7 Å². The van der Waals surface area contributed by atoms with Crippen LogP contribution in [0.4, 0.5) is 5.69 Å². The number of aryl methyl sites for hydroxylation is 2. The number of anilines is 1. The minimum absolute atomic E-state index is 0.0275. The molecule has 1 aromatic carbocycles. The van der Waals surface area contributed by atoms with Crippen LogP contribution in [0.2, 0.25) is 0 Å². The average molecular weight is 458 g/mol. The summed E-state index contributed by atoms with van der Waals surface area (Å²) in [5.74, 6) is 0.609. The van der Waals surface area contributed by atoms with Gasteiger partial charge in [-0.2, -0.15) is 5.10 Å². The van der Waals surface area contributed by atoms with E-state index in [1.54, 1.807) is 44.6 Å². The van der Waals surface area contributed by atoms with Crippen LogP contribution in [0, 0.1) is 6.92 Å². The largest absolute Gasteiger partial charge is 0.495 e. The molecule has 2 aromatic heterocycles. The van der Waals surface area contributed by atoms with Gasteiger partial charge in [0.1, 0.15) is 22.1 Å². The van der Waals surface area contributed by atoms with Gasteiger partial charge in [0.05, 0.1) is 19.0 Å². The van der Waals surface area contributed by atoms with E-state index in [1.165, 1.54) is 43.1 Å². The Kier molecular flexibility index (Phi) is 6.91. The lowest BCUT2D eigenvalue weighted by molar-refractivity contribution is -0.111. The molecule has 0 aliphatic carbocycles. The number of sulfonamides is 1. The van der Waals surface area contributed by atoms with Crippen molar-refractivity contribution in [3.63, 3.8) is 0 Å². The predicted octanol–water partition coefficient (Wildman–Crippen LogP) is 2.48. The molecule has 0 saturated carbocycles. The molecule has 32 heavy (non-hydrogen) atoms. The summed E-state index contributed by atoms with van der Waals surface area (Å²) in [6, 6.07) is 8.05. The van der Waals surface area contributed by atoms with Gasteiger partial charge in [-0.1, -0.05) is 6.07 Å². The van der Waals surface area contributed by atoms with E-state index in [9.17, 15) is 13.2 Å². The van der Waals surface area contributed by atoms with Crippen molar-refractivity contribution in [3.8, 4) is 17.4 Å². The second kappa shape index (κ2) is 9.62. The molecule has 1 amide bonds. The summed E-state index contributed by atoms with van der Waals surface area (Å²) < 4.78 is 39.1. The highest BCUT2D eigenvalue weighted by Gasteiger charge is 2.19. The van der Waals surface area contributed by atoms with Crippen LogP contribution in [0.1, 0.15) is 11.3 Å². The van der Waals surface area contributed by atoms with E-state index in [4.69, 9.17) is 9.47 Å². The summed E-state index contributed by atoms with van der Waals surface area (Å²) in [4.78, 5) is 16.5. The summed E-state index contributed by atoms with van der Waals surface area (Å²) in [5, 5.41) is 7.05. The van der Waals surface area contributed by atoms with E-state index in [-0.39, 0.29) is 10.6 Å². The normalized spacial score (nSPS) is 11.5. The second-order valence-corrected chi connectivity index (χ2v) is 8.48. The Labute approximate surface area is 185 Å². The number of carbonyl (C=O) groups is 1. The van der Waals surface area contributed by atoms with Gasteiger partial charge in [-0.3, -0.25) is 9.78 Å². The molecular weight excluding hydrogens is 434 g/mol. The lowest BCUT2D eigenvalue weighted by Gasteiger charge is -2.10. The number of hydrogen-bond acceptors (Lipinski definition) is 7. The molecule has 3 aromatic rings. The first kappa shape index (κ1) is 23.0. The fourth-order valence-corrected chi connectivity index (χ4v) is 3.80. The minimum atomic E-state index is -3.73. The number of carbonyl (C=O) groups excluding carboxylic acids is 1. The van der Waals surface area contributed by atoms with Crippen molar-refractivity contribution < 1.29 is 22.7 Å². The molecule has 0 radical (unpaired) electrons. The lowest BCUT2D eigenvalue weighted by Crippen LogP contribution is -2.19. The molecule has 0 unspecified atom stereocenters. The maximum Gasteiger partial charge on any atom is 0.248 e. The molecule has 2 heterocycles. The Bertz CT molecular complexity index is 1250. The molecule has 0 aliphatic rings. The third-order valence-corrected chi connectivity index (χ3v) is 5.88. The fraction of sp³-hybridized carbons (Fsp3) is 0.190. The highest BCUT2D eigenvalue weighted by molar-refractivity contribution is 7.89. The maximum atomic E-state index is 12.6. The van der Waals surface area contributed by atoms with Gasteiger partial charge >= 0.3 is 0 Å². The monoisotopic (exact) mass is 457 g/mol. The predicted molar refractivity (Wildman–Crippen MR) is 119 cm³/mol. The topological polar surface area (TPSA) is 124 Å². The SMILES string of the molecule is CNS(=O)(=O)c1cc(/C=C\C(=O)Nc2c(C)nn(C)c2Oc2cccnc2)ccc1OC. The number of ether oxygens (including phenoxy) is 2. The van der Waals surface area contributed by atoms with Crippen LogP contribution in [0.3, 0.4) is 0 Å². The highest BCUT2D eigenvalue weighted by Crippen LogP contribution is 2.31. The van der Waals surface area contributed by atoms with Gasteiger partial charge in [-0.25, -0.2) is 17.8 Å². The fourth-order valence-electron chi connectivity index (χ4n) is 2.87. The van der Waals surface area contributed by atoms with E-state index in [1.807, 2.05) is 0 Å². The number of nitrogens with zero attached hydrogens (tertiary/aromatic N) is 3. The zero-order valence-corrected chi connectivity index (χ0v) is 18.8. The standard InChI is InChI=1S/C21H23N5O5S/c1-14-20(21(26(3)25-14)31-16-6-5-11-23-13-16)24-19(27)10-8-15-7-9-17(30-4)18(12-15)32(28,29)22-2/h5-13,22H,1-4H3,(H,24,27)/b10-8-. The van der Waals surface area contributed by atoms with Crippen molar-refractivity contribution in [2.24, 2.45) is 7.05 Å². The van der Waals surface area contributed by atoms with Gasteiger partial charge in [-0.05, 0) is 49.9 Å². The molecule has 0 saturated heterocycles. The second-order valence-electron chi connectivity index (χ2n) is 6.62. The van der Waals surface area contributed by atoms with E-state index < -0.39 is 15.9 Å². The third-order valence-electron chi connectivity index (χ3n) is 4.44. The molecule has 3 rings (SSSR count). The number of methoxy groups -OCH3 is 1. The molecule has 0 spiro atoms. The van der Waals surface area contributed by atoms with Crippen LogP contribution in [-0.2, 0) is 21.9 Å². The van der Waals surface area contributed by atoms with Crippen LogP contribution in [-0.4, -0.2) is 43.2 Å². The molecule has 10 nitrogen and oxygen atoms in total.